The number of nitrogens with one attached hydrogen (secondary N) is 1. The molecule has 4 aromatic rings. The maximum absolute atomic E-state index is 13.3. The SMILES string of the molecule is Cc1ccc(CN(Cc2ccc(OC(F)(F)F)cc2)C(=O)CCN[C@H](C)c2cccc3ccccc23)cc1. The van der Waals surface area contributed by atoms with Gasteiger partial charge in [-0.1, -0.05) is 84.4 Å². The molecule has 0 aliphatic rings. The number of rotatable bonds is 10. The molecule has 0 unspecified atom stereocenters. The zero-order valence-corrected chi connectivity index (χ0v) is 21.5. The van der Waals surface area contributed by atoms with Crippen LogP contribution in [0.1, 0.15) is 41.6 Å². The fourth-order valence-electron chi connectivity index (χ4n) is 4.45. The molecule has 0 saturated carbocycles. The van der Waals surface area contributed by atoms with E-state index in [1.54, 1.807) is 17.0 Å². The van der Waals surface area contributed by atoms with Crippen LogP contribution >= 0.6 is 0 Å². The number of ether oxygens (including phenoxy) is 1. The Balaban J connectivity index is 1.42. The first-order valence-electron chi connectivity index (χ1n) is 12.6. The molecule has 0 aliphatic carbocycles. The minimum atomic E-state index is -4.74. The smallest absolute Gasteiger partial charge is 0.406 e. The van der Waals surface area contributed by atoms with Gasteiger partial charge in [-0.3, -0.25) is 4.79 Å². The molecule has 198 valence electrons. The zero-order valence-electron chi connectivity index (χ0n) is 21.5. The number of aryl methyl sites for hydroxylation is 1. The van der Waals surface area contributed by atoms with Crippen LogP contribution in [0.2, 0.25) is 0 Å². The van der Waals surface area contributed by atoms with Crippen molar-refractivity contribution < 1.29 is 22.7 Å². The number of carbonyl (C=O) groups excluding carboxylic acids is 1. The van der Waals surface area contributed by atoms with Gasteiger partial charge in [-0.2, -0.15) is 0 Å². The van der Waals surface area contributed by atoms with E-state index in [2.05, 4.69) is 41.2 Å². The highest BCUT2D eigenvalue weighted by Gasteiger charge is 2.31. The number of hydrogen-bond donors (Lipinski definition) is 1. The van der Waals surface area contributed by atoms with Gasteiger partial charge >= 0.3 is 6.36 Å². The number of halogens is 3. The molecule has 4 nitrogen and oxygen atoms in total. The van der Waals surface area contributed by atoms with Crippen LogP contribution in [0.25, 0.3) is 10.8 Å². The zero-order chi connectivity index (χ0) is 27.1. The van der Waals surface area contributed by atoms with Gasteiger partial charge in [0.2, 0.25) is 5.91 Å². The number of alkyl halides is 3. The van der Waals surface area contributed by atoms with Gasteiger partial charge in [0.25, 0.3) is 0 Å². The Morgan fingerprint density at radius 3 is 2.13 bits per heavy atom. The number of fused-ring (bicyclic) bond motifs is 1. The summed E-state index contributed by atoms with van der Waals surface area (Å²) < 4.78 is 41.5. The van der Waals surface area contributed by atoms with E-state index in [9.17, 15) is 18.0 Å². The largest absolute Gasteiger partial charge is 0.573 e. The van der Waals surface area contributed by atoms with E-state index in [1.165, 1.54) is 28.5 Å². The summed E-state index contributed by atoms with van der Waals surface area (Å²) in [6.07, 6.45) is -4.46. The summed E-state index contributed by atoms with van der Waals surface area (Å²) >= 11 is 0. The van der Waals surface area contributed by atoms with E-state index < -0.39 is 6.36 Å². The Morgan fingerprint density at radius 1 is 0.868 bits per heavy atom. The van der Waals surface area contributed by atoms with Crippen LogP contribution in [0.15, 0.2) is 91.0 Å². The van der Waals surface area contributed by atoms with Crippen LogP contribution in [0.5, 0.6) is 5.75 Å². The first-order chi connectivity index (χ1) is 18.2. The molecule has 0 aromatic heterocycles. The highest BCUT2D eigenvalue weighted by molar-refractivity contribution is 5.86. The molecule has 4 rings (SSSR count). The molecule has 1 amide bonds. The second-order valence-electron chi connectivity index (χ2n) is 9.42. The molecule has 1 N–H and O–H groups in total. The highest BCUT2D eigenvalue weighted by Crippen LogP contribution is 2.25. The van der Waals surface area contributed by atoms with Gasteiger partial charge in [0.1, 0.15) is 5.75 Å². The predicted octanol–water partition coefficient (Wildman–Crippen LogP) is 7.32. The van der Waals surface area contributed by atoms with E-state index in [4.69, 9.17) is 0 Å². The molecule has 38 heavy (non-hydrogen) atoms. The number of benzene rings is 4. The Hall–Kier alpha value is -3.84. The Kier molecular flexibility index (Phi) is 8.69. The van der Waals surface area contributed by atoms with Crippen LogP contribution in [0, 0.1) is 6.92 Å². The normalized spacial score (nSPS) is 12.3. The number of carbonyl (C=O) groups is 1. The van der Waals surface area contributed by atoms with Crippen molar-refractivity contribution in [3.63, 3.8) is 0 Å². The molecule has 0 bridgehead atoms. The summed E-state index contributed by atoms with van der Waals surface area (Å²) in [4.78, 5) is 15.0. The fraction of sp³-hybridized carbons (Fsp3) is 0.258. The quantitative estimate of drug-likeness (QED) is 0.238. The molecule has 4 aromatic carbocycles. The van der Waals surface area contributed by atoms with E-state index in [-0.39, 0.29) is 30.7 Å². The van der Waals surface area contributed by atoms with Gasteiger partial charge in [0.05, 0.1) is 0 Å². The summed E-state index contributed by atoms with van der Waals surface area (Å²) in [7, 11) is 0. The molecule has 0 spiro atoms. The third-order valence-electron chi connectivity index (χ3n) is 6.46. The van der Waals surface area contributed by atoms with Gasteiger partial charge in [0.15, 0.2) is 0 Å². The van der Waals surface area contributed by atoms with Crippen molar-refractivity contribution in [2.75, 3.05) is 6.54 Å². The van der Waals surface area contributed by atoms with Crippen LogP contribution < -0.4 is 10.1 Å². The van der Waals surface area contributed by atoms with E-state index in [0.717, 1.165) is 16.7 Å². The van der Waals surface area contributed by atoms with Crippen LogP contribution in [0.4, 0.5) is 13.2 Å². The van der Waals surface area contributed by atoms with Crippen LogP contribution in [0.3, 0.4) is 0 Å². The molecule has 0 fully saturated rings. The Bertz CT molecular complexity index is 1350. The second kappa shape index (κ2) is 12.1. The molecular formula is C31H31F3N2O2. The van der Waals surface area contributed by atoms with Gasteiger partial charge < -0.3 is 15.0 Å². The Morgan fingerprint density at radius 2 is 1.47 bits per heavy atom. The summed E-state index contributed by atoms with van der Waals surface area (Å²) in [5.74, 6) is -0.330. The highest BCUT2D eigenvalue weighted by atomic mass is 19.4. The van der Waals surface area contributed by atoms with Crippen molar-refractivity contribution in [1.29, 1.82) is 0 Å². The number of hydrogen-bond acceptors (Lipinski definition) is 3. The average Bonchev–Trinajstić information content (AvgIpc) is 2.89. The first-order valence-corrected chi connectivity index (χ1v) is 12.6. The third kappa shape index (κ3) is 7.59. The van der Waals surface area contributed by atoms with Gasteiger partial charge in [-0.25, -0.2) is 0 Å². The lowest BCUT2D eigenvalue weighted by atomic mass is 9.99. The van der Waals surface area contributed by atoms with Crippen molar-refractivity contribution in [2.45, 2.75) is 45.8 Å². The second-order valence-corrected chi connectivity index (χ2v) is 9.42. The molecule has 7 heteroatoms. The lowest BCUT2D eigenvalue weighted by Crippen LogP contribution is -2.33. The molecule has 0 radical (unpaired) electrons. The minimum Gasteiger partial charge on any atom is -0.406 e. The average molecular weight is 521 g/mol. The lowest BCUT2D eigenvalue weighted by molar-refractivity contribution is -0.274. The summed E-state index contributed by atoms with van der Waals surface area (Å²) in [5, 5.41) is 5.82. The Labute approximate surface area is 221 Å². The molecular weight excluding hydrogens is 489 g/mol. The van der Waals surface area contributed by atoms with Crippen molar-refractivity contribution in [1.82, 2.24) is 10.2 Å². The fourth-order valence-corrected chi connectivity index (χ4v) is 4.45. The monoisotopic (exact) mass is 520 g/mol. The third-order valence-corrected chi connectivity index (χ3v) is 6.46. The molecule has 1 atom stereocenters. The van der Waals surface area contributed by atoms with Gasteiger partial charge in [-0.05, 0) is 53.4 Å². The summed E-state index contributed by atoms with van der Waals surface area (Å²) in [6.45, 7) is 5.25. The first kappa shape index (κ1) is 27.2. The molecule has 0 aliphatic heterocycles. The summed E-state index contributed by atoms with van der Waals surface area (Å²) in [5.41, 5.74) is 4.00. The predicted molar refractivity (Wildman–Crippen MR) is 144 cm³/mol. The van der Waals surface area contributed by atoms with Gasteiger partial charge in [-0.15, -0.1) is 13.2 Å². The standard InChI is InChI=1S/C31H31F3N2O2/c1-22-10-12-24(13-11-22)20-36(21-25-14-16-27(17-15-25)38-31(32,33)34)30(37)18-19-35-23(2)28-9-5-7-26-6-3-4-8-29(26)28/h3-17,23,35H,18-21H2,1-2H3/t23-/m1/s1. The minimum absolute atomic E-state index is 0.0428. The topological polar surface area (TPSA) is 41.6 Å². The van der Waals surface area contributed by atoms with E-state index >= 15 is 0 Å². The van der Waals surface area contributed by atoms with Crippen molar-refractivity contribution in [2.24, 2.45) is 0 Å². The van der Waals surface area contributed by atoms with Crippen molar-refractivity contribution in [3.8, 4) is 5.75 Å². The van der Waals surface area contributed by atoms with E-state index in [0.29, 0.717) is 13.1 Å². The van der Waals surface area contributed by atoms with E-state index in [1.807, 2.05) is 49.4 Å². The van der Waals surface area contributed by atoms with Crippen molar-refractivity contribution in [3.05, 3.63) is 113 Å². The molecule has 0 saturated heterocycles. The number of nitrogens with zero attached hydrogens (tertiary/aromatic N) is 1. The number of amides is 1. The van der Waals surface area contributed by atoms with Gasteiger partial charge in [0, 0.05) is 32.1 Å². The van der Waals surface area contributed by atoms with Crippen molar-refractivity contribution >= 4 is 16.7 Å². The summed E-state index contributed by atoms with van der Waals surface area (Å²) in [6, 6.07) is 28.1. The maximum Gasteiger partial charge on any atom is 0.573 e. The van der Waals surface area contributed by atoms with Crippen LogP contribution in [-0.4, -0.2) is 23.7 Å². The lowest BCUT2D eigenvalue weighted by Gasteiger charge is -2.24. The van der Waals surface area contributed by atoms with Crippen LogP contribution in [-0.2, 0) is 17.9 Å². The molecule has 0 heterocycles. The maximum atomic E-state index is 13.3.